The van der Waals surface area contributed by atoms with Crippen LogP contribution in [-0.2, 0) is 4.79 Å². The first kappa shape index (κ1) is 13.3. The van der Waals surface area contributed by atoms with Gasteiger partial charge in [0.1, 0.15) is 0 Å². The summed E-state index contributed by atoms with van der Waals surface area (Å²) in [7, 11) is 0. The van der Waals surface area contributed by atoms with Gasteiger partial charge in [-0.05, 0) is 46.3 Å². The molecule has 1 aliphatic rings. The third-order valence-electron chi connectivity index (χ3n) is 2.67. The average molecular weight is 353 g/mol. The Morgan fingerprint density at radius 2 is 2.20 bits per heavy atom. The van der Waals surface area contributed by atoms with Gasteiger partial charge in [0.05, 0.1) is 11.4 Å². The van der Waals surface area contributed by atoms with Crippen molar-refractivity contribution in [2.75, 3.05) is 16.4 Å². The number of rotatable bonds is 2. The van der Waals surface area contributed by atoms with Crippen LogP contribution in [0.5, 0.6) is 0 Å². The minimum Gasteiger partial charge on any atom is -0.444 e. The molecule has 0 bridgehead atoms. The Hall–Kier alpha value is -1.73. The van der Waals surface area contributed by atoms with E-state index >= 15 is 0 Å². The Kier molecular flexibility index (Phi) is 3.54. The fourth-order valence-electron chi connectivity index (χ4n) is 1.79. The highest BCUT2D eigenvalue weighted by atomic mass is 79.9. The number of hydrogen-bond acceptors (Lipinski definition) is 4. The van der Waals surface area contributed by atoms with E-state index in [-0.39, 0.29) is 17.6 Å². The first-order chi connectivity index (χ1) is 9.61. The summed E-state index contributed by atoms with van der Waals surface area (Å²) in [6, 6.07) is 8.62. The first-order valence-corrected chi connectivity index (χ1v) is 7.53. The summed E-state index contributed by atoms with van der Waals surface area (Å²) in [6.07, 6.45) is 0. The molecule has 2 heterocycles. The number of furan rings is 1. The molecule has 0 fully saturated rings. The quantitative estimate of drug-likeness (QED) is 0.869. The highest BCUT2D eigenvalue weighted by Crippen LogP contribution is 2.33. The van der Waals surface area contributed by atoms with Crippen LogP contribution in [0, 0.1) is 0 Å². The Bertz CT molecular complexity index is 699. The molecule has 1 aliphatic heterocycles. The minimum absolute atomic E-state index is 0.0408. The zero-order valence-electron chi connectivity index (χ0n) is 10.1. The molecular formula is C13H9BrN2O3S. The Morgan fingerprint density at radius 3 is 2.95 bits per heavy atom. The summed E-state index contributed by atoms with van der Waals surface area (Å²) in [5.41, 5.74) is 1.31. The monoisotopic (exact) mass is 352 g/mol. The summed E-state index contributed by atoms with van der Waals surface area (Å²) in [6.45, 7) is 0. The van der Waals surface area contributed by atoms with Crippen molar-refractivity contribution in [2.45, 2.75) is 4.90 Å². The lowest BCUT2D eigenvalue weighted by Crippen LogP contribution is -2.19. The summed E-state index contributed by atoms with van der Waals surface area (Å²) in [5.74, 6) is 0.249. The van der Waals surface area contributed by atoms with Crippen molar-refractivity contribution in [1.82, 2.24) is 0 Å². The maximum absolute atomic E-state index is 11.9. The van der Waals surface area contributed by atoms with Crippen LogP contribution in [-0.4, -0.2) is 17.6 Å². The lowest BCUT2D eigenvalue weighted by molar-refractivity contribution is -0.113. The zero-order valence-corrected chi connectivity index (χ0v) is 12.5. The minimum atomic E-state index is -0.342. The van der Waals surface area contributed by atoms with Crippen molar-refractivity contribution in [3.8, 4) is 0 Å². The number of carbonyl (C=O) groups is 2. The van der Waals surface area contributed by atoms with E-state index in [9.17, 15) is 9.59 Å². The van der Waals surface area contributed by atoms with E-state index in [1.165, 1.54) is 11.8 Å². The van der Waals surface area contributed by atoms with E-state index in [4.69, 9.17) is 4.42 Å². The predicted octanol–water partition coefficient (Wildman–Crippen LogP) is 3.34. The maximum atomic E-state index is 11.9. The fourth-order valence-corrected chi connectivity index (χ4v) is 2.88. The van der Waals surface area contributed by atoms with E-state index in [2.05, 4.69) is 26.6 Å². The molecule has 2 aromatic rings. The van der Waals surface area contributed by atoms with Crippen LogP contribution >= 0.6 is 27.7 Å². The summed E-state index contributed by atoms with van der Waals surface area (Å²) in [5, 5.41) is 5.50. The fraction of sp³-hybridized carbons (Fsp3) is 0.0769. The van der Waals surface area contributed by atoms with E-state index in [1.54, 1.807) is 24.3 Å². The molecule has 0 unspecified atom stereocenters. The van der Waals surface area contributed by atoms with Crippen molar-refractivity contribution in [3.63, 3.8) is 0 Å². The molecule has 5 nitrogen and oxygen atoms in total. The lowest BCUT2D eigenvalue weighted by atomic mass is 10.2. The summed E-state index contributed by atoms with van der Waals surface area (Å²) >= 11 is 4.62. The van der Waals surface area contributed by atoms with Gasteiger partial charge in [0, 0.05) is 10.6 Å². The number of carbonyl (C=O) groups excluding carboxylic acids is 2. The normalized spacial score (nSPS) is 13.6. The zero-order chi connectivity index (χ0) is 14.1. The van der Waals surface area contributed by atoms with Crippen molar-refractivity contribution < 1.29 is 14.0 Å². The summed E-state index contributed by atoms with van der Waals surface area (Å²) < 4.78 is 5.67. The number of hydrogen-bond donors (Lipinski definition) is 2. The predicted molar refractivity (Wildman–Crippen MR) is 80.2 cm³/mol. The van der Waals surface area contributed by atoms with E-state index in [1.807, 2.05) is 6.07 Å². The van der Waals surface area contributed by atoms with Gasteiger partial charge in [-0.15, -0.1) is 11.8 Å². The van der Waals surface area contributed by atoms with E-state index < -0.39 is 0 Å². The number of amides is 2. The number of nitrogens with one attached hydrogen (secondary N) is 2. The van der Waals surface area contributed by atoms with Crippen molar-refractivity contribution in [2.24, 2.45) is 0 Å². The molecule has 2 N–H and O–H groups in total. The number of anilines is 2. The van der Waals surface area contributed by atoms with E-state index in [0.29, 0.717) is 21.8 Å². The highest BCUT2D eigenvalue weighted by molar-refractivity contribution is 9.10. The number of fused-ring (bicyclic) bond motifs is 1. The van der Waals surface area contributed by atoms with Crippen LogP contribution < -0.4 is 10.6 Å². The van der Waals surface area contributed by atoms with E-state index in [0.717, 1.165) is 4.90 Å². The van der Waals surface area contributed by atoms with Crippen LogP contribution in [0.25, 0.3) is 0 Å². The smallest absolute Gasteiger partial charge is 0.291 e. The molecule has 102 valence electrons. The third-order valence-corrected chi connectivity index (χ3v) is 4.17. The Balaban J connectivity index is 1.80. The average Bonchev–Trinajstić information content (AvgIpc) is 2.85. The second-order valence-corrected chi connectivity index (χ2v) is 5.90. The van der Waals surface area contributed by atoms with Gasteiger partial charge < -0.3 is 15.1 Å². The molecule has 0 spiro atoms. The lowest BCUT2D eigenvalue weighted by Gasteiger charge is -2.17. The van der Waals surface area contributed by atoms with Gasteiger partial charge in [-0.25, -0.2) is 0 Å². The second-order valence-electron chi connectivity index (χ2n) is 4.11. The van der Waals surface area contributed by atoms with Crippen molar-refractivity contribution in [3.05, 3.63) is 40.8 Å². The molecule has 0 saturated heterocycles. The SMILES string of the molecule is O=C1CSc2ccc(NC(=O)c3ccc(Br)o3)cc2N1. The molecule has 2 amide bonds. The van der Waals surface area contributed by atoms with Gasteiger partial charge >= 0.3 is 0 Å². The maximum Gasteiger partial charge on any atom is 0.291 e. The van der Waals surface area contributed by atoms with Crippen LogP contribution in [0.4, 0.5) is 11.4 Å². The van der Waals surface area contributed by atoms with Gasteiger partial charge in [-0.2, -0.15) is 0 Å². The number of thioether (sulfide) groups is 1. The third kappa shape index (κ3) is 2.73. The molecule has 7 heteroatoms. The molecule has 1 aromatic heterocycles. The van der Waals surface area contributed by atoms with Gasteiger partial charge in [0.15, 0.2) is 10.4 Å². The molecule has 0 atom stereocenters. The molecule has 1 aromatic carbocycles. The van der Waals surface area contributed by atoms with Gasteiger partial charge in [0.2, 0.25) is 5.91 Å². The molecule has 0 saturated carbocycles. The topological polar surface area (TPSA) is 71.3 Å². The molecule has 20 heavy (non-hydrogen) atoms. The van der Waals surface area contributed by atoms with Crippen LogP contribution in [0.2, 0.25) is 0 Å². The molecule has 3 rings (SSSR count). The van der Waals surface area contributed by atoms with Gasteiger partial charge in [-0.1, -0.05) is 0 Å². The van der Waals surface area contributed by atoms with Crippen molar-refractivity contribution in [1.29, 1.82) is 0 Å². The number of halogens is 1. The summed E-state index contributed by atoms with van der Waals surface area (Å²) in [4.78, 5) is 24.3. The Morgan fingerprint density at radius 1 is 1.35 bits per heavy atom. The largest absolute Gasteiger partial charge is 0.444 e. The number of benzene rings is 1. The molecule has 0 radical (unpaired) electrons. The molecular weight excluding hydrogens is 344 g/mol. The van der Waals surface area contributed by atoms with Crippen LogP contribution in [0.15, 0.2) is 44.3 Å². The standard InChI is InChI=1S/C13H9BrN2O3S/c14-11-4-2-9(19-11)13(18)15-7-1-3-10-8(5-7)16-12(17)6-20-10/h1-5H,6H2,(H,15,18)(H,16,17). The Labute approximate surface area is 127 Å². The van der Waals surface area contributed by atoms with Crippen LogP contribution in [0.1, 0.15) is 10.6 Å². The highest BCUT2D eigenvalue weighted by Gasteiger charge is 2.17. The van der Waals surface area contributed by atoms with Gasteiger partial charge in [-0.3, -0.25) is 9.59 Å². The first-order valence-electron chi connectivity index (χ1n) is 5.75. The second kappa shape index (κ2) is 5.34. The van der Waals surface area contributed by atoms with Crippen LogP contribution in [0.3, 0.4) is 0 Å². The van der Waals surface area contributed by atoms with Crippen molar-refractivity contribution >= 4 is 50.9 Å². The van der Waals surface area contributed by atoms with Gasteiger partial charge in [0.25, 0.3) is 5.91 Å². The molecule has 0 aliphatic carbocycles.